The van der Waals surface area contributed by atoms with E-state index < -0.39 is 64.3 Å². The standard InChI is InChI=1S/C56H78N6O8/c1-53(2,3)45(60-51(67)69-55(7,8)9)49(65)59-43(47(63)57-41-25-17-21-36-19-13-15-23-39(36)41)31-34-27-29-35(30-28-34)38-32-44(48(64)58-42-26-18-22-37-20-14-16-24-40(37)42)62(33-38)50(66)46(54(4,5)6)61-52(68)70-56(10,11)12/h13-16,19-20,23-24,27-30,38,41-46H,17-18,21-22,25-26,31-33H2,1-12H3,(H,57,63)(H,58,64)(H,59,65)(H,60,67)(H,61,68)/t38-,41+,42+,43-,44-,45+,46+/m0/s1. The molecular weight excluding hydrogens is 885 g/mol. The largest absolute Gasteiger partial charge is 0.444 e. The Kier molecular flexibility index (Phi) is 16.5. The Labute approximate surface area is 415 Å². The molecule has 0 aromatic heterocycles. The molecule has 6 rings (SSSR count). The van der Waals surface area contributed by atoms with Crippen LogP contribution in [0.1, 0.15) is 167 Å². The fraction of sp³-hybridized carbons (Fsp3) is 0.571. The zero-order valence-corrected chi connectivity index (χ0v) is 43.5. The van der Waals surface area contributed by atoms with Crippen LogP contribution in [0.4, 0.5) is 9.59 Å². The maximum absolute atomic E-state index is 14.8. The van der Waals surface area contributed by atoms with Gasteiger partial charge in [0.1, 0.15) is 35.4 Å². The molecule has 0 saturated carbocycles. The second-order valence-corrected chi connectivity index (χ2v) is 23.6. The monoisotopic (exact) mass is 963 g/mol. The van der Waals surface area contributed by atoms with Crippen LogP contribution in [0.3, 0.4) is 0 Å². The lowest BCUT2D eigenvalue weighted by molar-refractivity contribution is -0.142. The van der Waals surface area contributed by atoms with Gasteiger partial charge in [-0.05, 0) is 131 Å². The third-order valence-electron chi connectivity index (χ3n) is 13.3. The number of ether oxygens (including phenoxy) is 2. The molecular formula is C56H78N6O8. The summed E-state index contributed by atoms with van der Waals surface area (Å²) < 4.78 is 11.1. The first-order valence-electron chi connectivity index (χ1n) is 25.1. The number of alkyl carbamates (subject to hydrolysis) is 2. The zero-order valence-electron chi connectivity index (χ0n) is 43.5. The average Bonchev–Trinajstić information content (AvgIpc) is 3.71. The number of nitrogens with zero attached hydrogens (tertiary/aromatic N) is 1. The summed E-state index contributed by atoms with van der Waals surface area (Å²) >= 11 is 0. The van der Waals surface area contributed by atoms with Crippen LogP contribution >= 0.6 is 0 Å². The van der Waals surface area contributed by atoms with E-state index in [1.165, 1.54) is 11.1 Å². The summed E-state index contributed by atoms with van der Waals surface area (Å²) in [7, 11) is 0. The Morgan fingerprint density at radius 3 is 1.59 bits per heavy atom. The zero-order chi connectivity index (χ0) is 51.3. The predicted molar refractivity (Wildman–Crippen MR) is 271 cm³/mol. The Balaban J connectivity index is 1.27. The summed E-state index contributed by atoms with van der Waals surface area (Å²) in [5.41, 5.74) is 3.16. The fourth-order valence-corrected chi connectivity index (χ4v) is 9.88. The van der Waals surface area contributed by atoms with E-state index in [4.69, 9.17) is 9.47 Å². The normalized spacial score (nSPS) is 20.6. The summed E-state index contributed by atoms with van der Waals surface area (Å²) in [6.07, 6.45) is 4.26. The third kappa shape index (κ3) is 14.1. The van der Waals surface area contributed by atoms with E-state index in [0.717, 1.165) is 60.8 Å². The maximum Gasteiger partial charge on any atom is 0.408 e. The maximum atomic E-state index is 14.8. The molecule has 14 nitrogen and oxygen atoms in total. The number of fused-ring (bicyclic) bond motifs is 2. The number of likely N-dealkylation sites (tertiary alicyclic amines) is 1. The highest BCUT2D eigenvalue weighted by molar-refractivity contribution is 5.93. The highest BCUT2D eigenvalue weighted by atomic mass is 16.6. The molecule has 14 heteroatoms. The van der Waals surface area contributed by atoms with Crippen molar-refractivity contribution in [3.05, 3.63) is 106 Å². The molecule has 6 amide bonds. The van der Waals surface area contributed by atoms with Crippen LogP contribution < -0.4 is 26.6 Å². The van der Waals surface area contributed by atoms with Crippen LogP contribution in [-0.2, 0) is 47.9 Å². The molecule has 0 bridgehead atoms. The number of amides is 6. The van der Waals surface area contributed by atoms with Crippen LogP contribution in [0, 0.1) is 10.8 Å². The van der Waals surface area contributed by atoms with E-state index in [9.17, 15) is 28.8 Å². The Bertz CT molecular complexity index is 2370. The fourth-order valence-electron chi connectivity index (χ4n) is 9.88. The minimum Gasteiger partial charge on any atom is -0.444 e. The molecule has 5 N–H and O–H groups in total. The molecule has 1 saturated heterocycles. The van der Waals surface area contributed by atoms with Crippen molar-refractivity contribution in [2.75, 3.05) is 6.54 Å². The third-order valence-corrected chi connectivity index (χ3v) is 13.3. The Hall–Kier alpha value is -5.92. The van der Waals surface area contributed by atoms with E-state index >= 15 is 0 Å². The number of aryl methyl sites for hydroxylation is 2. The molecule has 1 aliphatic heterocycles. The van der Waals surface area contributed by atoms with Gasteiger partial charge in [-0.15, -0.1) is 0 Å². The van der Waals surface area contributed by atoms with Crippen molar-refractivity contribution in [3.8, 4) is 0 Å². The SMILES string of the molecule is CC(C)(C)OC(=O)N[C@H](C(=O)N[C@@H](Cc1ccc([C@H]2C[C@@H](C(=O)N[C@@H]3CCCc4ccccc43)N(C(=O)[C@@H](NC(=O)OC(C)(C)C)C(C)(C)C)C2)cc1)C(=O)N[C@@H]1CCCc2ccccc21)C(C)(C)C. The predicted octanol–water partition coefficient (Wildman–Crippen LogP) is 8.66. The minimum atomic E-state index is -1.03. The molecule has 0 radical (unpaired) electrons. The van der Waals surface area contributed by atoms with E-state index in [1.54, 1.807) is 46.4 Å². The van der Waals surface area contributed by atoms with Crippen LogP contribution in [0.15, 0.2) is 72.8 Å². The van der Waals surface area contributed by atoms with Gasteiger partial charge in [-0.25, -0.2) is 9.59 Å². The van der Waals surface area contributed by atoms with Gasteiger partial charge < -0.3 is 41.0 Å². The Morgan fingerprint density at radius 2 is 1.09 bits per heavy atom. The van der Waals surface area contributed by atoms with Gasteiger partial charge in [-0.1, -0.05) is 114 Å². The summed E-state index contributed by atoms with van der Waals surface area (Å²) in [6, 6.07) is 19.7. The Morgan fingerprint density at radius 1 is 0.600 bits per heavy atom. The van der Waals surface area contributed by atoms with Gasteiger partial charge in [0, 0.05) is 18.9 Å². The van der Waals surface area contributed by atoms with E-state index in [-0.39, 0.29) is 48.7 Å². The number of benzene rings is 3. The molecule has 1 fully saturated rings. The molecule has 3 aliphatic rings. The second-order valence-electron chi connectivity index (χ2n) is 23.6. The first kappa shape index (κ1) is 53.4. The highest BCUT2D eigenvalue weighted by Crippen LogP contribution is 2.37. The summed E-state index contributed by atoms with van der Waals surface area (Å²) in [6.45, 7) is 21.9. The van der Waals surface area contributed by atoms with Crippen molar-refractivity contribution < 1.29 is 38.2 Å². The van der Waals surface area contributed by atoms with Crippen LogP contribution in [-0.4, -0.2) is 82.6 Å². The van der Waals surface area contributed by atoms with E-state index in [2.05, 4.69) is 44.8 Å². The van der Waals surface area contributed by atoms with Crippen molar-refractivity contribution >= 4 is 35.8 Å². The number of rotatable bonds is 12. The van der Waals surface area contributed by atoms with Crippen molar-refractivity contribution in [2.24, 2.45) is 10.8 Å². The lowest BCUT2D eigenvalue weighted by atomic mass is 9.85. The minimum absolute atomic E-state index is 0.141. The number of hydrogen-bond acceptors (Lipinski definition) is 8. The molecule has 380 valence electrons. The topological polar surface area (TPSA) is 184 Å². The molecule has 7 atom stereocenters. The second kappa shape index (κ2) is 21.6. The summed E-state index contributed by atoms with van der Waals surface area (Å²) in [5, 5.41) is 15.1. The first-order chi connectivity index (χ1) is 32.7. The number of hydrogen-bond donors (Lipinski definition) is 5. The lowest BCUT2D eigenvalue weighted by Crippen LogP contribution is -2.58. The number of carbonyl (C=O) groups is 6. The summed E-state index contributed by atoms with van der Waals surface area (Å²) in [4.78, 5) is 85.9. The van der Waals surface area contributed by atoms with Gasteiger partial charge in [0.2, 0.25) is 23.6 Å². The molecule has 0 spiro atoms. The smallest absolute Gasteiger partial charge is 0.408 e. The van der Waals surface area contributed by atoms with Crippen molar-refractivity contribution in [3.63, 3.8) is 0 Å². The van der Waals surface area contributed by atoms with E-state index in [1.807, 2.05) is 96.1 Å². The highest BCUT2D eigenvalue weighted by Gasteiger charge is 2.46. The molecule has 70 heavy (non-hydrogen) atoms. The van der Waals surface area contributed by atoms with Crippen LogP contribution in [0.25, 0.3) is 0 Å². The molecule has 0 unspecified atom stereocenters. The van der Waals surface area contributed by atoms with Crippen molar-refractivity contribution in [1.82, 2.24) is 31.5 Å². The van der Waals surface area contributed by atoms with Crippen molar-refractivity contribution in [1.29, 1.82) is 0 Å². The van der Waals surface area contributed by atoms with Gasteiger partial charge in [0.05, 0.1) is 12.1 Å². The van der Waals surface area contributed by atoms with Gasteiger partial charge in [0.25, 0.3) is 0 Å². The van der Waals surface area contributed by atoms with Crippen LogP contribution in [0.5, 0.6) is 0 Å². The van der Waals surface area contributed by atoms with Gasteiger partial charge in [-0.2, -0.15) is 0 Å². The summed E-state index contributed by atoms with van der Waals surface area (Å²) in [5.74, 6) is -1.74. The lowest BCUT2D eigenvalue weighted by Gasteiger charge is -2.36. The quantitative estimate of drug-likeness (QED) is 0.119. The molecule has 3 aromatic rings. The molecule has 1 heterocycles. The molecule has 2 aliphatic carbocycles. The van der Waals surface area contributed by atoms with Gasteiger partial charge in [-0.3, -0.25) is 19.2 Å². The first-order valence-corrected chi connectivity index (χ1v) is 25.1. The van der Waals surface area contributed by atoms with Gasteiger partial charge >= 0.3 is 12.2 Å². The molecule has 3 aromatic carbocycles. The van der Waals surface area contributed by atoms with E-state index in [0.29, 0.717) is 6.42 Å². The number of carbonyl (C=O) groups excluding carboxylic acids is 6. The number of nitrogens with one attached hydrogen (secondary N) is 5. The van der Waals surface area contributed by atoms with Crippen molar-refractivity contribution in [2.45, 2.75) is 188 Å². The average molecular weight is 963 g/mol. The van der Waals surface area contributed by atoms with Gasteiger partial charge in [0.15, 0.2) is 0 Å². The van der Waals surface area contributed by atoms with Crippen LogP contribution in [0.2, 0.25) is 0 Å².